The summed E-state index contributed by atoms with van der Waals surface area (Å²) in [7, 11) is 0. The van der Waals surface area contributed by atoms with Gasteiger partial charge in [-0.2, -0.15) is 0 Å². The van der Waals surface area contributed by atoms with Crippen molar-refractivity contribution >= 4 is 32.6 Å². The first kappa shape index (κ1) is 12.6. The van der Waals surface area contributed by atoms with Crippen LogP contribution in [0.2, 0.25) is 0 Å². The molecule has 1 heterocycles. The first-order valence-electron chi connectivity index (χ1n) is 6.43. The average molecular weight is 319 g/mol. The third kappa shape index (κ3) is 2.80. The topological polar surface area (TPSA) is 41.1 Å². The molecule has 0 bridgehead atoms. The van der Waals surface area contributed by atoms with Gasteiger partial charge in [-0.05, 0) is 48.0 Å². The fourth-order valence-corrected chi connectivity index (χ4v) is 2.78. The molecule has 1 atom stereocenters. The number of carbonyl (C=O) groups excluding carboxylic acids is 1. The second-order valence-electron chi connectivity index (χ2n) is 4.87. The highest BCUT2D eigenvalue weighted by Crippen LogP contribution is 2.21. The SMILES string of the molecule is O=C(N[C@@H]1CCNC1)c1ccc2cc(Br)ccc2c1. The van der Waals surface area contributed by atoms with Gasteiger partial charge in [0.15, 0.2) is 0 Å². The molecule has 3 nitrogen and oxygen atoms in total. The van der Waals surface area contributed by atoms with Crippen molar-refractivity contribution < 1.29 is 4.79 Å². The van der Waals surface area contributed by atoms with Crippen molar-refractivity contribution in [3.63, 3.8) is 0 Å². The molecule has 0 radical (unpaired) electrons. The van der Waals surface area contributed by atoms with Gasteiger partial charge in [0.05, 0.1) is 0 Å². The zero-order chi connectivity index (χ0) is 13.2. The minimum atomic E-state index is 0.0125. The summed E-state index contributed by atoms with van der Waals surface area (Å²) in [4.78, 5) is 12.2. The molecular weight excluding hydrogens is 304 g/mol. The van der Waals surface area contributed by atoms with Crippen molar-refractivity contribution in [3.05, 3.63) is 46.4 Å². The van der Waals surface area contributed by atoms with Crippen LogP contribution in [-0.2, 0) is 0 Å². The second-order valence-corrected chi connectivity index (χ2v) is 5.79. The maximum Gasteiger partial charge on any atom is 0.251 e. The van der Waals surface area contributed by atoms with Gasteiger partial charge in [0.25, 0.3) is 5.91 Å². The van der Waals surface area contributed by atoms with Gasteiger partial charge < -0.3 is 10.6 Å². The monoisotopic (exact) mass is 318 g/mol. The number of benzene rings is 2. The van der Waals surface area contributed by atoms with Gasteiger partial charge in [-0.25, -0.2) is 0 Å². The summed E-state index contributed by atoms with van der Waals surface area (Å²) in [6, 6.07) is 12.1. The highest BCUT2D eigenvalue weighted by molar-refractivity contribution is 9.10. The minimum Gasteiger partial charge on any atom is -0.348 e. The number of carbonyl (C=O) groups is 1. The number of nitrogens with one attached hydrogen (secondary N) is 2. The first-order valence-corrected chi connectivity index (χ1v) is 7.22. The van der Waals surface area contributed by atoms with Gasteiger partial charge in [-0.3, -0.25) is 4.79 Å². The zero-order valence-electron chi connectivity index (χ0n) is 10.4. The fraction of sp³-hybridized carbons (Fsp3) is 0.267. The number of rotatable bonds is 2. The van der Waals surface area contributed by atoms with Gasteiger partial charge in [-0.1, -0.05) is 28.1 Å². The van der Waals surface area contributed by atoms with Crippen LogP contribution in [0.5, 0.6) is 0 Å². The summed E-state index contributed by atoms with van der Waals surface area (Å²) in [5.41, 5.74) is 0.724. The van der Waals surface area contributed by atoms with Crippen LogP contribution in [0.1, 0.15) is 16.8 Å². The van der Waals surface area contributed by atoms with Crippen LogP contribution in [-0.4, -0.2) is 25.0 Å². The number of hydrogen-bond donors (Lipinski definition) is 2. The molecular formula is C15H15BrN2O. The van der Waals surface area contributed by atoms with E-state index in [9.17, 15) is 4.79 Å². The molecule has 1 aliphatic heterocycles. The Bertz CT molecular complexity index is 621. The molecule has 19 heavy (non-hydrogen) atoms. The van der Waals surface area contributed by atoms with Gasteiger partial charge in [-0.15, -0.1) is 0 Å². The van der Waals surface area contributed by atoms with Crippen molar-refractivity contribution in [2.45, 2.75) is 12.5 Å². The van der Waals surface area contributed by atoms with Crippen LogP contribution >= 0.6 is 15.9 Å². The quantitative estimate of drug-likeness (QED) is 0.894. The minimum absolute atomic E-state index is 0.0125. The van der Waals surface area contributed by atoms with Crippen LogP contribution < -0.4 is 10.6 Å². The molecule has 98 valence electrons. The lowest BCUT2D eigenvalue weighted by Crippen LogP contribution is -2.36. The van der Waals surface area contributed by atoms with E-state index in [-0.39, 0.29) is 11.9 Å². The Kier molecular flexibility index (Phi) is 3.53. The predicted octanol–water partition coefficient (Wildman–Crippen LogP) is 2.69. The lowest BCUT2D eigenvalue weighted by molar-refractivity contribution is 0.0940. The molecule has 2 aromatic carbocycles. The van der Waals surface area contributed by atoms with E-state index in [2.05, 4.69) is 32.6 Å². The van der Waals surface area contributed by atoms with E-state index in [1.54, 1.807) is 0 Å². The van der Waals surface area contributed by atoms with E-state index in [0.717, 1.165) is 40.3 Å². The molecule has 0 unspecified atom stereocenters. The molecule has 3 rings (SSSR count). The highest BCUT2D eigenvalue weighted by atomic mass is 79.9. The van der Waals surface area contributed by atoms with E-state index >= 15 is 0 Å². The Morgan fingerprint density at radius 2 is 2.00 bits per heavy atom. The maximum atomic E-state index is 12.2. The maximum absolute atomic E-state index is 12.2. The van der Waals surface area contributed by atoms with E-state index in [1.807, 2.05) is 30.3 Å². The van der Waals surface area contributed by atoms with E-state index in [1.165, 1.54) is 0 Å². The summed E-state index contributed by atoms with van der Waals surface area (Å²) in [5, 5.41) is 8.52. The van der Waals surface area contributed by atoms with Crippen molar-refractivity contribution in [1.82, 2.24) is 10.6 Å². The largest absolute Gasteiger partial charge is 0.348 e. The Labute approximate surface area is 120 Å². The van der Waals surface area contributed by atoms with Gasteiger partial charge >= 0.3 is 0 Å². The molecule has 2 aromatic rings. The third-order valence-corrected chi connectivity index (χ3v) is 3.95. The van der Waals surface area contributed by atoms with Crippen LogP contribution in [0.4, 0.5) is 0 Å². The van der Waals surface area contributed by atoms with E-state index in [0.29, 0.717) is 0 Å². The summed E-state index contributed by atoms with van der Waals surface area (Å²) in [6.45, 7) is 1.85. The molecule has 2 N–H and O–H groups in total. The third-order valence-electron chi connectivity index (χ3n) is 3.46. The van der Waals surface area contributed by atoms with Crippen molar-refractivity contribution in [2.24, 2.45) is 0 Å². The molecule has 0 saturated carbocycles. The molecule has 1 saturated heterocycles. The number of fused-ring (bicyclic) bond motifs is 1. The molecule has 1 fully saturated rings. The second kappa shape index (κ2) is 5.31. The van der Waals surface area contributed by atoms with Crippen molar-refractivity contribution in [1.29, 1.82) is 0 Å². The number of halogens is 1. The van der Waals surface area contributed by atoms with Gasteiger partial charge in [0.1, 0.15) is 0 Å². The van der Waals surface area contributed by atoms with Crippen LogP contribution in [0, 0.1) is 0 Å². The predicted molar refractivity (Wildman–Crippen MR) is 80.4 cm³/mol. The van der Waals surface area contributed by atoms with Gasteiger partial charge in [0.2, 0.25) is 0 Å². The normalized spacial score (nSPS) is 18.7. The standard InChI is InChI=1S/C15H15BrN2O/c16-13-4-3-10-7-12(2-1-11(10)8-13)15(19)18-14-5-6-17-9-14/h1-4,7-8,14,17H,5-6,9H2,(H,18,19)/t14-/m1/s1. The van der Waals surface area contributed by atoms with Gasteiger partial charge in [0, 0.05) is 22.6 Å². The lowest BCUT2D eigenvalue weighted by atomic mass is 10.1. The van der Waals surface area contributed by atoms with E-state index in [4.69, 9.17) is 0 Å². The zero-order valence-corrected chi connectivity index (χ0v) is 12.0. The van der Waals surface area contributed by atoms with Crippen LogP contribution in [0.25, 0.3) is 10.8 Å². The molecule has 1 aliphatic rings. The molecule has 0 spiro atoms. The Balaban J connectivity index is 1.83. The lowest BCUT2D eigenvalue weighted by Gasteiger charge is -2.11. The number of amides is 1. The number of hydrogen-bond acceptors (Lipinski definition) is 2. The average Bonchev–Trinajstić information content (AvgIpc) is 2.91. The summed E-state index contributed by atoms with van der Waals surface area (Å²) in [5.74, 6) is 0.0125. The molecule has 0 aliphatic carbocycles. The Morgan fingerprint density at radius 1 is 1.21 bits per heavy atom. The first-order chi connectivity index (χ1) is 9.22. The molecule has 4 heteroatoms. The summed E-state index contributed by atoms with van der Waals surface area (Å²) >= 11 is 3.45. The molecule has 1 amide bonds. The van der Waals surface area contributed by atoms with Crippen molar-refractivity contribution in [3.8, 4) is 0 Å². The summed E-state index contributed by atoms with van der Waals surface area (Å²) < 4.78 is 1.05. The van der Waals surface area contributed by atoms with Crippen LogP contribution in [0.15, 0.2) is 40.9 Å². The van der Waals surface area contributed by atoms with Crippen molar-refractivity contribution in [2.75, 3.05) is 13.1 Å². The molecule has 0 aromatic heterocycles. The smallest absolute Gasteiger partial charge is 0.251 e. The van der Waals surface area contributed by atoms with Crippen LogP contribution in [0.3, 0.4) is 0 Å². The Hall–Kier alpha value is -1.39. The Morgan fingerprint density at radius 3 is 2.79 bits per heavy atom. The summed E-state index contributed by atoms with van der Waals surface area (Å²) in [6.07, 6.45) is 1.01. The fourth-order valence-electron chi connectivity index (χ4n) is 2.40. The highest BCUT2D eigenvalue weighted by Gasteiger charge is 2.17. The van der Waals surface area contributed by atoms with E-state index < -0.39 is 0 Å².